The van der Waals surface area contributed by atoms with Gasteiger partial charge in [-0.05, 0) is 20.8 Å². The van der Waals surface area contributed by atoms with Crippen molar-refractivity contribution in [2.45, 2.75) is 39.2 Å². The largest absolute Gasteiger partial charge is 0.463 e. The van der Waals surface area contributed by atoms with Gasteiger partial charge in [-0.2, -0.15) is 0 Å². The minimum absolute atomic E-state index is 0.0833. The maximum absolute atomic E-state index is 11.5. The van der Waals surface area contributed by atoms with Crippen LogP contribution in [0.2, 0.25) is 0 Å². The number of esters is 1. The zero-order chi connectivity index (χ0) is 14.7. The summed E-state index contributed by atoms with van der Waals surface area (Å²) in [5.74, 6) is -0.541. The molecule has 1 amide bonds. The van der Waals surface area contributed by atoms with Crippen molar-refractivity contribution in [3.05, 3.63) is 0 Å². The van der Waals surface area contributed by atoms with Crippen molar-refractivity contribution in [3.8, 4) is 0 Å². The third-order valence-electron chi connectivity index (χ3n) is 1.99. The Bertz CT molecular complexity index is 273. The second-order valence-corrected chi connectivity index (χ2v) is 5.12. The van der Waals surface area contributed by atoms with Crippen LogP contribution in [0.5, 0.6) is 0 Å². The Kier molecular flexibility index (Phi) is 9.16. The van der Waals surface area contributed by atoms with Gasteiger partial charge in [0.25, 0.3) is 0 Å². The van der Waals surface area contributed by atoms with Crippen LogP contribution in [0.3, 0.4) is 0 Å². The van der Waals surface area contributed by atoms with Gasteiger partial charge < -0.3 is 19.5 Å². The summed E-state index contributed by atoms with van der Waals surface area (Å²) >= 11 is 0. The second kappa shape index (κ2) is 9.75. The molecular weight excluding hydrogens is 250 g/mol. The molecule has 19 heavy (non-hydrogen) atoms. The normalized spacial score (nSPS) is 11.2. The van der Waals surface area contributed by atoms with E-state index >= 15 is 0 Å². The Hall–Kier alpha value is -1.14. The smallest absolute Gasteiger partial charge is 0.306 e. The van der Waals surface area contributed by atoms with Crippen LogP contribution in [-0.2, 0) is 23.8 Å². The van der Waals surface area contributed by atoms with Gasteiger partial charge in [-0.15, -0.1) is 0 Å². The van der Waals surface area contributed by atoms with E-state index in [4.69, 9.17) is 14.2 Å². The molecule has 112 valence electrons. The minimum atomic E-state index is -0.389. The van der Waals surface area contributed by atoms with Gasteiger partial charge in [0.1, 0.15) is 6.61 Å². The van der Waals surface area contributed by atoms with Crippen LogP contribution < -0.4 is 5.32 Å². The molecule has 0 unspecified atom stereocenters. The van der Waals surface area contributed by atoms with E-state index in [0.29, 0.717) is 19.8 Å². The van der Waals surface area contributed by atoms with E-state index in [2.05, 4.69) is 5.32 Å². The van der Waals surface area contributed by atoms with Crippen LogP contribution in [-0.4, -0.2) is 51.0 Å². The van der Waals surface area contributed by atoms with E-state index in [-0.39, 0.29) is 36.9 Å². The molecule has 0 aliphatic carbocycles. The van der Waals surface area contributed by atoms with Crippen molar-refractivity contribution in [1.82, 2.24) is 5.32 Å². The molecule has 1 N–H and O–H groups in total. The molecule has 0 spiro atoms. The van der Waals surface area contributed by atoms with E-state index in [9.17, 15) is 9.59 Å². The first-order chi connectivity index (χ1) is 8.85. The molecule has 0 fully saturated rings. The molecule has 0 rings (SSSR count). The van der Waals surface area contributed by atoms with Crippen LogP contribution in [0, 0.1) is 0 Å². The molecule has 6 nitrogen and oxygen atoms in total. The zero-order valence-corrected chi connectivity index (χ0v) is 12.3. The first-order valence-corrected chi connectivity index (χ1v) is 6.38. The number of ether oxygens (including phenoxy) is 3. The standard InChI is InChI=1S/C13H25NO5/c1-13(2,3)14-11(15)5-6-12(16)19-10-9-18-8-7-17-4/h5-10H2,1-4H3,(H,14,15). The van der Waals surface area contributed by atoms with E-state index in [1.54, 1.807) is 7.11 Å². The van der Waals surface area contributed by atoms with Gasteiger partial charge in [0.15, 0.2) is 0 Å². The summed E-state index contributed by atoms with van der Waals surface area (Å²) in [7, 11) is 1.59. The topological polar surface area (TPSA) is 73.9 Å². The molecule has 0 bridgehead atoms. The predicted octanol–water partition coefficient (Wildman–Crippen LogP) is 0.887. The first kappa shape index (κ1) is 17.9. The van der Waals surface area contributed by atoms with Gasteiger partial charge in [0.05, 0.1) is 26.2 Å². The number of hydrogen-bond donors (Lipinski definition) is 1. The monoisotopic (exact) mass is 275 g/mol. The molecule has 0 saturated heterocycles. The molecule has 6 heteroatoms. The lowest BCUT2D eigenvalue weighted by Crippen LogP contribution is -2.40. The Morgan fingerprint density at radius 3 is 2.21 bits per heavy atom. The van der Waals surface area contributed by atoms with Gasteiger partial charge in [-0.25, -0.2) is 0 Å². The number of nitrogens with one attached hydrogen (secondary N) is 1. The molecular formula is C13H25NO5. The molecule has 0 aromatic carbocycles. The van der Waals surface area contributed by atoms with E-state index < -0.39 is 0 Å². The van der Waals surface area contributed by atoms with Gasteiger partial charge in [0.2, 0.25) is 5.91 Å². The van der Waals surface area contributed by atoms with Crippen LogP contribution in [0.4, 0.5) is 0 Å². The highest BCUT2D eigenvalue weighted by Gasteiger charge is 2.14. The van der Waals surface area contributed by atoms with Gasteiger partial charge >= 0.3 is 5.97 Å². The van der Waals surface area contributed by atoms with Crippen molar-refractivity contribution < 1.29 is 23.8 Å². The van der Waals surface area contributed by atoms with Crippen LogP contribution in [0.1, 0.15) is 33.6 Å². The Morgan fingerprint density at radius 2 is 1.63 bits per heavy atom. The molecule has 0 atom stereocenters. The molecule has 0 aliphatic rings. The fourth-order valence-electron chi connectivity index (χ4n) is 1.23. The van der Waals surface area contributed by atoms with Crippen LogP contribution >= 0.6 is 0 Å². The summed E-state index contributed by atoms with van der Waals surface area (Å²) in [6, 6.07) is 0. The van der Waals surface area contributed by atoms with Crippen molar-refractivity contribution in [3.63, 3.8) is 0 Å². The molecule has 0 aliphatic heterocycles. The lowest BCUT2D eigenvalue weighted by atomic mass is 10.1. The molecule has 0 saturated carbocycles. The summed E-state index contributed by atoms with van der Waals surface area (Å²) < 4.78 is 14.8. The van der Waals surface area contributed by atoms with Gasteiger partial charge in [-0.1, -0.05) is 0 Å². The van der Waals surface area contributed by atoms with Crippen molar-refractivity contribution in [1.29, 1.82) is 0 Å². The average molecular weight is 275 g/mol. The lowest BCUT2D eigenvalue weighted by Gasteiger charge is -2.20. The molecule has 0 aromatic heterocycles. The van der Waals surface area contributed by atoms with Gasteiger partial charge in [-0.3, -0.25) is 9.59 Å². The fourth-order valence-corrected chi connectivity index (χ4v) is 1.23. The fraction of sp³-hybridized carbons (Fsp3) is 0.846. The summed E-state index contributed by atoms with van der Waals surface area (Å²) in [5, 5.41) is 2.78. The highest BCUT2D eigenvalue weighted by Crippen LogP contribution is 2.01. The average Bonchev–Trinajstić information content (AvgIpc) is 2.29. The highest BCUT2D eigenvalue weighted by atomic mass is 16.6. The number of hydrogen-bond acceptors (Lipinski definition) is 5. The number of carbonyl (C=O) groups excluding carboxylic acids is 2. The maximum Gasteiger partial charge on any atom is 0.306 e. The van der Waals surface area contributed by atoms with Crippen LogP contribution in [0.15, 0.2) is 0 Å². The first-order valence-electron chi connectivity index (χ1n) is 6.38. The summed E-state index contributed by atoms with van der Waals surface area (Å²) in [5.41, 5.74) is -0.282. The molecule has 0 aromatic rings. The van der Waals surface area contributed by atoms with Crippen molar-refractivity contribution in [2.24, 2.45) is 0 Å². The third kappa shape index (κ3) is 13.1. The zero-order valence-electron chi connectivity index (χ0n) is 12.3. The lowest BCUT2D eigenvalue weighted by molar-refractivity contribution is -0.146. The summed E-state index contributed by atoms with van der Waals surface area (Å²) in [6.07, 6.45) is 0.223. The number of methoxy groups -OCH3 is 1. The second-order valence-electron chi connectivity index (χ2n) is 5.12. The van der Waals surface area contributed by atoms with E-state index in [1.165, 1.54) is 0 Å². The van der Waals surface area contributed by atoms with E-state index in [0.717, 1.165) is 0 Å². The maximum atomic E-state index is 11.5. The quantitative estimate of drug-likeness (QED) is 0.499. The van der Waals surface area contributed by atoms with Crippen molar-refractivity contribution >= 4 is 11.9 Å². The molecule has 0 heterocycles. The number of amides is 1. The Morgan fingerprint density at radius 1 is 1.00 bits per heavy atom. The Labute approximate surface area is 114 Å². The summed E-state index contributed by atoms with van der Waals surface area (Å²) in [6.45, 7) is 7.19. The number of rotatable bonds is 9. The SMILES string of the molecule is COCCOCCOC(=O)CCC(=O)NC(C)(C)C. The van der Waals surface area contributed by atoms with Crippen LogP contribution in [0.25, 0.3) is 0 Å². The highest BCUT2D eigenvalue weighted by molar-refractivity contribution is 5.81. The van der Waals surface area contributed by atoms with E-state index in [1.807, 2.05) is 20.8 Å². The Balaban J connectivity index is 3.52. The minimum Gasteiger partial charge on any atom is -0.463 e. The van der Waals surface area contributed by atoms with Crippen molar-refractivity contribution in [2.75, 3.05) is 33.5 Å². The third-order valence-corrected chi connectivity index (χ3v) is 1.99. The number of carbonyl (C=O) groups is 2. The summed E-state index contributed by atoms with van der Waals surface area (Å²) in [4.78, 5) is 22.8. The molecule has 0 radical (unpaired) electrons. The predicted molar refractivity (Wildman–Crippen MR) is 70.8 cm³/mol. The van der Waals surface area contributed by atoms with Gasteiger partial charge in [0, 0.05) is 19.1 Å².